The summed E-state index contributed by atoms with van der Waals surface area (Å²) in [6.45, 7) is 3.39. The van der Waals surface area contributed by atoms with E-state index in [9.17, 15) is 9.59 Å². The standard InChI is InChI=1S/C20H25N3O2S2/c1-12-8-9-16(26-12)14-6-4-10-23(14)11-17(24)22-20-18(19(21)25)13-5-2-3-7-15(13)27-20/h8-9,14H,2-7,10-11H2,1H3,(H2,21,25)(H,22,24). The number of fused-ring (bicyclic) bond motifs is 1. The van der Waals surface area contributed by atoms with E-state index in [0.717, 1.165) is 50.6 Å². The lowest BCUT2D eigenvalue weighted by Gasteiger charge is -2.22. The first-order valence-electron chi connectivity index (χ1n) is 9.57. The number of hydrogen-bond donors (Lipinski definition) is 2. The molecule has 144 valence electrons. The lowest BCUT2D eigenvalue weighted by Crippen LogP contribution is -2.33. The van der Waals surface area contributed by atoms with E-state index in [2.05, 4.69) is 29.3 Å². The number of thiophene rings is 2. The molecule has 2 aromatic rings. The molecule has 1 atom stereocenters. The van der Waals surface area contributed by atoms with Crippen molar-refractivity contribution in [1.82, 2.24) is 4.90 Å². The number of aryl methyl sites for hydroxylation is 2. The van der Waals surface area contributed by atoms with Gasteiger partial charge in [-0.25, -0.2) is 0 Å². The topological polar surface area (TPSA) is 75.4 Å². The molecule has 5 nitrogen and oxygen atoms in total. The minimum absolute atomic E-state index is 0.0590. The molecule has 1 aliphatic heterocycles. The Morgan fingerprint density at radius 1 is 1.22 bits per heavy atom. The van der Waals surface area contributed by atoms with Gasteiger partial charge in [0.15, 0.2) is 0 Å². The van der Waals surface area contributed by atoms with Gasteiger partial charge in [0.25, 0.3) is 5.91 Å². The van der Waals surface area contributed by atoms with Gasteiger partial charge < -0.3 is 11.1 Å². The Balaban J connectivity index is 1.48. The number of hydrogen-bond acceptors (Lipinski definition) is 5. The lowest BCUT2D eigenvalue weighted by atomic mass is 9.95. The highest BCUT2D eigenvalue weighted by atomic mass is 32.1. The van der Waals surface area contributed by atoms with Gasteiger partial charge >= 0.3 is 0 Å². The van der Waals surface area contributed by atoms with E-state index in [1.165, 1.54) is 26.0 Å². The van der Waals surface area contributed by atoms with Crippen LogP contribution in [0.3, 0.4) is 0 Å². The second kappa shape index (κ2) is 7.73. The predicted molar refractivity (Wildman–Crippen MR) is 111 cm³/mol. The molecule has 3 heterocycles. The number of carbonyl (C=O) groups is 2. The zero-order valence-electron chi connectivity index (χ0n) is 15.5. The van der Waals surface area contributed by atoms with Crippen molar-refractivity contribution < 1.29 is 9.59 Å². The van der Waals surface area contributed by atoms with E-state index in [-0.39, 0.29) is 5.91 Å². The molecule has 3 N–H and O–H groups in total. The molecule has 0 spiro atoms. The van der Waals surface area contributed by atoms with Crippen molar-refractivity contribution >= 4 is 39.5 Å². The number of primary amides is 1. The number of nitrogens with zero attached hydrogens (tertiary/aromatic N) is 1. The number of anilines is 1. The summed E-state index contributed by atoms with van der Waals surface area (Å²) >= 11 is 3.34. The van der Waals surface area contributed by atoms with Crippen LogP contribution in [0, 0.1) is 6.92 Å². The minimum Gasteiger partial charge on any atom is -0.365 e. The second-order valence-corrected chi connectivity index (χ2v) is 9.83. The summed E-state index contributed by atoms with van der Waals surface area (Å²) in [6, 6.07) is 4.65. The summed E-state index contributed by atoms with van der Waals surface area (Å²) in [5, 5.41) is 3.63. The number of nitrogens with one attached hydrogen (secondary N) is 1. The van der Waals surface area contributed by atoms with Crippen LogP contribution in [0.4, 0.5) is 5.00 Å². The number of nitrogens with two attached hydrogens (primary N) is 1. The van der Waals surface area contributed by atoms with Crippen molar-refractivity contribution in [2.75, 3.05) is 18.4 Å². The smallest absolute Gasteiger partial charge is 0.251 e. The fourth-order valence-corrected chi connectivity index (χ4v) is 6.59. The van der Waals surface area contributed by atoms with Crippen LogP contribution in [0.15, 0.2) is 12.1 Å². The van der Waals surface area contributed by atoms with E-state index in [1.54, 1.807) is 0 Å². The third-order valence-electron chi connectivity index (χ3n) is 5.47. The zero-order valence-corrected chi connectivity index (χ0v) is 17.2. The van der Waals surface area contributed by atoms with Crippen LogP contribution in [0.1, 0.15) is 62.3 Å². The quantitative estimate of drug-likeness (QED) is 0.796. The largest absolute Gasteiger partial charge is 0.365 e. The van der Waals surface area contributed by atoms with Gasteiger partial charge in [-0.1, -0.05) is 0 Å². The van der Waals surface area contributed by atoms with Crippen molar-refractivity contribution in [3.63, 3.8) is 0 Å². The molecule has 2 aliphatic rings. The molecule has 0 radical (unpaired) electrons. The number of rotatable bonds is 5. The van der Waals surface area contributed by atoms with Gasteiger partial charge in [0, 0.05) is 20.7 Å². The summed E-state index contributed by atoms with van der Waals surface area (Å²) in [5.41, 5.74) is 7.22. The third kappa shape index (κ3) is 3.81. The Morgan fingerprint density at radius 3 is 2.78 bits per heavy atom. The van der Waals surface area contributed by atoms with Gasteiger partial charge in [0.05, 0.1) is 12.1 Å². The number of amides is 2. The van der Waals surface area contributed by atoms with Crippen LogP contribution in [0.25, 0.3) is 0 Å². The van der Waals surface area contributed by atoms with Crippen molar-refractivity contribution in [3.8, 4) is 0 Å². The fraction of sp³-hybridized carbons (Fsp3) is 0.500. The maximum absolute atomic E-state index is 12.7. The first-order valence-corrected chi connectivity index (χ1v) is 11.2. The maximum Gasteiger partial charge on any atom is 0.251 e. The zero-order chi connectivity index (χ0) is 19.0. The molecular formula is C20H25N3O2S2. The average molecular weight is 404 g/mol. The average Bonchev–Trinajstić information content (AvgIpc) is 3.32. The number of carbonyl (C=O) groups excluding carboxylic acids is 2. The van der Waals surface area contributed by atoms with E-state index in [0.29, 0.717) is 23.2 Å². The second-order valence-electron chi connectivity index (χ2n) is 7.40. The molecule has 2 amide bonds. The van der Waals surface area contributed by atoms with E-state index in [1.807, 2.05) is 11.3 Å². The molecule has 7 heteroatoms. The van der Waals surface area contributed by atoms with Gasteiger partial charge in [0.1, 0.15) is 5.00 Å². The Morgan fingerprint density at radius 2 is 2.04 bits per heavy atom. The SMILES string of the molecule is Cc1ccc(C2CCCN2CC(=O)Nc2sc3c(c2C(N)=O)CCCC3)s1. The lowest BCUT2D eigenvalue weighted by molar-refractivity contribution is -0.117. The Kier molecular flexibility index (Phi) is 5.34. The molecule has 1 aliphatic carbocycles. The Bertz CT molecular complexity index is 871. The number of likely N-dealkylation sites (tertiary alicyclic amines) is 1. The molecule has 1 unspecified atom stereocenters. The monoisotopic (exact) mass is 403 g/mol. The van der Waals surface area contributed by atoms with Crippen LogP contribution >= 0.6 is 22.7 Å². The van der Waals surface area contributed by atoms with Crippen molar-refractivity contribution in [3.05, 3.63) is 37.9 Å². The summed E-state index contributed by atoms with van der Waals surface area (Å²) in [6.07, 6.45) is 6.26. The molecule has 27 heavy (non-hydrogen) atoms. The summed E-state index contributed by atoms with van der Waals surface area (Å²) in [5.74, 6) is -0.492. The Labute approximate surface area is 167 Å². The van der Waals surface area contributed by atoms with Crippen LogP contribution in [-0.4, -0.2) is 29.8 Å². The minimum atomic E-state index is -0.433. The van der Waals surface area contributed by atoms with Crippen LogP contribution in [-0.2, 0) is 17.6 Å². The fourth-order valence-electron chi connectivity index (χ4n) is 4.24. The highest BCUT2D eigenvalue weighted by Crippen LogP contribution is 2.38. The van der Waals surface area contributed by atoms with Gasteiger partial charge in [-0.15, -0.1) is 22.7 Å². The van der Waals surface area contributed by atoms with Gasteiger partial charge in [0.2, 0.25) is 5.91 Å². The van der Waals surface area contributed by atoms with Crippen LogP contribution < -0.4 is 11.1 Å². The normalized spacial score (nSPS) is 19.8. The van der Waals surface area contributed by atoms with Crippen molar-refractivity contribution in [1.29, 1.82) is 0 Å². The molecule has 4 rings (SSSR count). The van der Waals surface area contributed by atoms with Crippen LogP contribution in [0.2, 0.25) is 0 Å². The molecule has 1 saturated heterocycles. The highest BCUT2D eigenvalue weighted by molar-refractivity contribution is 7.17. The summed E-state index contributed by atoms with van der Waals surface area (Å²) < 4.78 is 0. The first-order chi connectivity index (χ1) is 13.0. The van der Waals surface area contributed by atoms with Crippen LogP contribution in [0.5, 0.6) is 0 Å². The van der Waals surface area contributed by atoms with Crippen molar-refractivity contribution in [2.24, 2.45) is 5.73 Å². The van der Waals surface area contributed by atoms with Crippen molar-refractivity contribution in [2.45, 2.75) is 51.5 Å². The van der Waals surface area contributed by atoms with Gasteiger partial charge in [-0.05, 0) is 69.7 Å². The molecule has 2 aromatic heterocycles. The third-order valence-corrected chi connectivity index (χ3v) is 7.78. The molecule has 0 saturated carbocycles. The van der Waals surface area contributed by atoms with E-state index < -0.39 is 5.91 Å². The Hall–Kier alpha value is -1.70. The van der Waals surface area contributed by atoms with E-state index >= 15 is 0 Å². The molecular weight excluding hydrogens is 378 g/mol. The van der Waals surface area contributed by atoms with Gasteiger partial charge in [-0.3, -0.25) is 14.5 Å². The predicted octanol–water partition coefficient (Wildman–Crippen LogP) is 3.87. The molecule has 1 fully saturated rings. The highest BCUT2D eigenvalue weighted by Gasteiger charge is 2.30. The molecule has 0 bridgehead atoms. The summed E-state index contributed by atoms with van der Waals surface area (Å²) in [4.78, 5) is 30.8. The summed E-state index contributed by atoms with van der Waals surface area (Å²) in [7, 11) is 0. The van der Waals surface area contributed by atoms with E-state index in [4.69, 9.17) is 5.73 Å². The maximum atomic E-state index is 12.7. The molecule has 0 aromatic carbocycles. The first kappa shape index (κ1) is 18.7. The van der Waals surface area contributed by atoms with Gasteiger partial charge in [-0.2, -0.15) is 0 Å².